The van der Waals surface area contributed by atoms with Gasteiger partial charge in [-0.3, -0.25) is 9.59 Å². The third-order valence-electron chi connectivity index (χ3n) is 3.10. The number of rotatable bonds is 6. The van der Waals surface area contributed by atoms with E-state index in [1.807, 2.05) is 24.5 Å². The van der Waals surface area contributed by atoms with Crippen LogP contribution in [0.3, 0.4) is 0 Å². The first-order valence-corrected chi connectivity index (χ1v) is 9.79. The van der Waals surface area contributed by atoms with Crippen molar-refractivity contribution in [3.05, 3.63) is 50.9 Å². The molecule has 1 amide bonds. The quantitative estimate of drug-likeness (QED) is 0.466. The zero-order valence-corrected chi connectivity index (χ0v) is 17.0. The summed E-state index contributed by atoms with van der Waals surface area (Å²) in [5.41, 5.74) is 1.23. The molecular weight excluding hydrogens is 458 g/mol. The zero-order chi connectivity index (χ0) is 17.7. The van der Waals surface area contributed by atoms with E-state index < -0.39 is 0 Å². The number of benzene rings is 2. The Bertz CT molecular complexity index is 760. The summed E-state index contributed by atoms with van der Waals surface area (Å²) in [5.74, 6) is 0.305. The second-order valence-corrected chi connectivity index (χ2v) is 7.42. The number of para-hydroxylation sites is 1. The standard InChI is InChI=1S/C17H15Br2NO3S/c1-10(21)20-14-7-6-11(8-16(14)24-2)15(22)9-23-17-12(18)4-3-5-13(17)19/h3-8H,9H2,1-2H3,(H,20,21). The molecule has 1 N–H and O–H groups in total. The number of hydrogen-bond donors (Lipinski definition) is 1. The minimum atomic E-state index is -0.147. The van der Waals surface area contributed by atoms with Crippen molar-refractivity contribution in [2.24, 2.45) is 0 Å². The van der Waals surface area contributed by atoms with Crippen LogP contribution in [0.4, 0.5) is 5.69 Å². The summed E-state index contributed by atoms with van der Waals surface area (Å²) in [6.45, 7) is 1.38. The maximum absolute atomic E-state index is 12.4. The fourth-order valence-corrected chi connectivity index (χ4v) is 3.81. The number of carbonyl (C=O) groups is 2. The SMILES string of the molecule is CSc1cc(C(=O)COc2c(Br)cccc2Br)ccc1NC(C)=O. The molecule has 0 aliphatic carbocycles. The fourth-order valence-electron chi connectivity index (χ4n) is 2.00. The van der Waals surface area contributed by atoms with Crippen molar-refractivity contribution < 1.29 is 14.3 Å². The van der Waals surface area contributed by atoms with E-state index in [1.54, 1.807) is 18.2 Å². The third-order valence-corrected chi connectivity index (χ3v) is 5.13. The normalized spacial score (nSPS) is 10.3. The Morgan fingerprint density at radius 2 is 1.83 bits per heavy atom. The van der Waals surface area contributed by atoms with Gasteiger partial charge in [-0.15, -0.1) is 11.8 Å². The number of thioether (sulfide) groups is 1. The average molecular weight is 473 g/mol. The lowest BCUT2D eigenvalue weighted by molar-refractivity contribution is -0.114. The van der Waals surface area contributed by atoms with E-state index in [0.717, 1.165) is 13.8 Å². The van der Waals surface area contributed by atoms with Gasteiger partial charge in [-0.25, -0.2) is 0 Å². The largest absolute Gasteiger partial charge is 0.483 e. The highest BCUT2D eigenvalue weighted by molar-refractivity contribution is 9.11. The summed E-state index contributed by atoms with van der Waals surface area (Å²) in [4.78, 5) is 24.4. The van der Waals surface area contributed by atoms with E-state index in [9.17, 15) is 9.59 Å². The van der Waals surface area contributed by atoms with Gasteiger partial charge in [0, 0.05) is 17.4 Å². The van der Waals surface area contributed by atoms with Gasteiger partial charge in [-0.1, -0.05) is 6.07 Å². The van der Waals surface area contributed by atoms with Crippen molar-refractivity contribution in [1.82, 2.24) is 0 Å². The van der Waals surface area contributed by atoms with Gasteiger partial charge in [0.15, 0.2) is 12.4 Å². The number of Topliss-reactive ketones (excluding diaryl/α,β-unsaturated/α-hetero) is 1. The smallest absolute Gasteiger partial charge is 0.221 e. The molecule has 7 heteroatoms. The Balaban J connectivity index is 2.14. The minimum absolute atomic E-state index is 0.0749. The Morgan fingerprint density at radius 1 is 1.17 bits per heavy atom. The van der Waals surface area contributed by atoms with Crippen LogP contribution in [-0.2, 0) is 4.79 Å². The summed E-state index contributed by atoms with van der Waals surface area (Å²) in [5, 5.41) is 2.75. The van der Waals surface area contributed by atoms with E-state index in [1.165, 1.54) is 18.7 Å². The van der Waals surface area contributed by atoms with Gasteiger partial charge in [0.2, 0.25) is 5.91 Å². The molecule has 0 bridgehead atoms. The zero-order valence-electron chi connectivity index (χ0n) is 13.1. The molecule has 2 aromatic carbocycles. The molecule has 2 aromatic rings. The van der Waals surface area contributed by atoms with Crippen LogP contribution in [0.2, 0.25) is 0 Å². The predicted molar refractivity (Wildman–Crippen MR) is 104 cm³/mol. The number of anilines is 1. The van der Waals surface area contributed by atoms with Gasteiger partial charge in [-0.05, 0) is 68.4 Å². The van der Waals surface area contributed by atoms with Gasteiger partial charge in [0.05, 0.1) is 14.6 Å². The number of ketones is 1. The van der Waals surface area contributed by atoms with Crippen molar-refractivity contribution in [2.75, 3.05) is 18.2 Å². The summed E-state index contributed by atoms with van der Waals surface area (Å²) in [6.07, 6.45) is 1.89. The van der Waals surface area contributed by atoms with Crippen LogP contribution in [0.25, 0.3) is 0 Å². The maximum Gasteiger partial charge on any atom is 0.221 e. The Kier molecular flexibility index (Phi) is 6.89. The molecule has 0 aliphatic rings. The number of carbonyl (C=O) groups excluding carboxylic acids is 2. The molecule has 0 saturated carbocycles. The second-order valence-electron chi connectivity index (χ2n) is 4.86. The summed E-state index contributed by atoms with van der Waals surface area (Å²) < 4.78 is 7.18. The van der Waals surface area contributed by atoms with Crippen LogP contribution in [0, 0.1) is 0 Å². The van der Waals surface area contributed by atoms with Crippen LogP contribution in [0.5, 0.6) is 5.75 Å². The first-order valence-electron chi connectivity index (χ1n) is 6.98. The summed E-state index contributed by atoms with van der Waals surface area (Å²) in [6, 6.07) is 10.7. The van der Waals surface area contributed by atoms with Gasteiger partial charge in [0.25, 0.3) is 0 Å². The van der Waals surface area contributed by atoms with Crippen LogP contribution in [-0.4, -0.2) is 24.6 Å². The van der Waals surface area contributed by atoms with Crippen LogP contribution < -0.4 is 10.1 Å². The molecule has 0 saturated heterocycles. The van der Waals surface area contributed by atoms with Gasteiger partial charge < -0.3 is 10.1 Å². The highest BCUT2D eigenvalue weighted by Crippen LogP contribution is 2.33. The fraction of sp³-hybridized carbons (Fsp3) is 0.176. The van der Waals surface area contributed by atoms with E-state index in [-0.39, 0.29) is 18.3 Å². The van der Waals surface area contributed by atoms with Gasteiger partial charge in [-0.2, -0.15) is 0 Å². The van der Waals surface area contributed by atoms with Crippen molar-refractivity contribution >= 4 is 61.0 Å². The molecule has 0 atom stereocenters. The molecule has 0 aliphatic heterocycles. The Labute approximate surface area is 161 Å². The number of nitrogens with one attached hydrogen (secondary N) is 1. The molecule has 0 fully saturated rings. The van der Waals surface area contributed by atoms with E-state index >= 15 is 0 Å². The van der Waals surface area contributed by atoms with Crippen LogP contribution >= 0.6 is 43.6 Å². The van der Waals surface area contributed by atoms with Gasteiger partial charge in [0.1, 0.15) is 5.75 Å². The predicted octanol–water partition coefficient (Wildman–Crippen LogP) is 5.15. The van der Waals surface area contributed by atoms with E-state index in [4.69, 9.17) is 4.74 Å². The second kappa shape index (κ2) is 8.69. The maximum atomic E-state index is 12.4. The van der Waals surface area contributed by atoms with E-state index in [2.05, 4.69) is 37.2 Å². The molecule has 0 spiro atoms. The monoisotopic (exact) mass is 471 g/mol. The van der Waals surface area contributed by atoms with Crippen molar-refractivity contribution in [3.63, 3.8) is 0 Å². The van der Waals surface area contributed by atoms with Crippen LogP contribution in [0.1, 0.15) is 17.3 Å². The molecule has 24 heavy (non-hydrogen) atoms. The molecule has 0 aromatic heterocycles. The lowest BCUT2D eigenvalue weighted by atomic mass is 10.1. The van der Waals surface area contributed by atoms with Gasteiger partial charge >= 0.3 is 0 Å². The van der Waals surface area contributed by atoms with Crippen LogP contribution in [0.15, 0.2) is 50.2 Å². The first-order chi connectivity index (χ1) is 11.4. The van der Waals surface area contributed by atoms with Crippen molar-refractivity contribution in [1.29, 1.82) is 0 Å². The molecule has 2 rings (SSSR count). The number of amides is 1. The Morgan fingerprint density at radius 3 is 2.42 bits per heavy atom. The van der Waals surface area contributed by atoms with E-state index in [0.29, 0.717) is 17.0 Å². The molecule has 4 nitrogen and oxygen atoms in total. The third kappa shape index (κ3) is 4.84. The number of ether oxygens (including phenoxy) is 1. The molecule has 126 valence electrons. The lowest BCUT2D eigenvalue weighted by Gasteiger charge is -2.12. The Hall–Kier alpha value is -1.31. The summed E-state index contributed by atoms with van der Waals surface area (Å²) in [7, 11) is 0. The van der Waals surface area contributed by atoms with Crippen molar-refractivity contribution in [3.8, 4) is 5.75 Å². The summed E-state index contributed by atoms with van der Waals surface area (Å²) >= 11 is 8.26. The number of halogens is 2. The highest BCUT2D eigenvalue weighted by atomic mass is 79.9. The topological polar surface area (TPSA) is 55.4 Å². The first kappa shape index (κ1) is 19.0. The van der Waals surface area contributed by atoms with Crippen molar-refractivity contribution in [2.45, 2.75) is 11.8 Å². The average Bonchev–Trinajstić information content (AvgIpc) is 2.54. The molecular formula is C17H15Br2NO3S. The molecule has 0 radical (unpaired) electrons. The minimum Gasteiger partial charge on any atom is -0.483 e. The number of hydrogen-bond acceptors (Lipinski definition) is 4. The highest BCUT2D eigenvalue weighted by Gasteiger charge is 2.13. The molecule has 0 heterocycles. The molecule has 0 unspecified atom stereocenters. The lowest BCUT2D eigenvalue weighted by Crippen LogP contribution is -2.13.